The number of aromatic carboxylic acids is 1. The zero-order chi connectivity index (χ0) is 16.3. The molecule has 0 heterocycles. The summed E-state index contributed by atoms with van der Waals surface area (Å²) in [5.41, 5.74) is 2.60. The maximum absolute atomic E-state index is 12.5. The number of carbonyl (C=O) groups excluding carboxylic acids is 1. The lowest BCUT2D eigenvalue weighted by Gasteiger charge is -2.10. The molecule has 0 saturated carbocycles. The second-order valence-corrected chi connectivity index (χ2v) is 5.44. The molecule has 0 amide bonds. The molecule has 2 rings (SSSR count). The van der Waals surface area contributed by atoms with Gasteiger partial charge in [0.15, 0.2) is 5.78 Å². The van der Waals surface area contributed by atoms with Gasteiger partial charge in [-0.2, -0.15) is 0 Å². The number of rotatable bonds is 5. The molecule has 4 nitrogen and oxygen atoms in total. The second kappa shape index (κ2) is 6.62. The fraction of sp³-hybridized carbons (Fsp3) is 0.176. The Morgan fingerprint density at radius 1 is 1.14 bits per heavy atom. The number of Topliss-reactive ketones (excluding diaryl/α,β-unsaturated/α-hetero) is 1. The van der Waals surface area contributed by atoms with Crippen LogP contribution in [0, 0.1) is 6.92 Å². The number of benzene rings is 2. The Balaban J connectivity index is 2.38. The van der Waals surface area contributed by atoms with Crippen molar-refractivity contribution >= 4 is 29.0 Å². The number of carboxylic acids is 1. The first-order chi connectivity index (χ1) is 10.4. The van der Waals surface area contributed by atoms with Crippen LogP contribution < -0.4 is 5.32 Å². The van der Waals surface area contributed by atoms with Crippen molar-refractivity contribution in [1.82, 2.24) is 0 Å². The van der Waals surface area contributed by atoms with Crippen molar-refractivity contribution < 1.29 is 14.7 Å². The van der Waals surface area contributed by atoms with Crippen LogP contribution in [0.2, 0.25) is 5.02 Å². The van der Waals surface area contributed by atoms with Crippen LogP contribution in [0.15, 0.2) is 36.4 Å². The average molecular weight is 318 g/mol. The molecule has 0 atom stereocenters. The van der Waals surface area contributed by atoms with E-state index in [1.807, 2.05) is 6.92 Å². The first-order valence-corrected chi connectivity index (χ1v) is 7.13. The van der Waals surface area contributed by atoms with Gasteiger partial charge in [-0.3, -0.25) is 4.79 Å². The number of aryl methyl sites for hydroxylation is 1. The summed E-state index contributed by atoms with van der Waals surface area (Å²) >= 11 is 5.95. The maximum Gasteiger partial charge on any atom is 0.335 e. The lowest BCUT2D eigenvalue weighted by Crippen LogP contribution is -2.11. The average Bonchev–Trinajstić information content (AvgIpc) is 2.48. The molecular formula is C17H16ClNO3. The topological polar surface area (TPSA) is 66.4 Å². The molecule has 0 aliphatic rings. The highest BCUT2D eigenvalue weighted by Crippen LogP contribution is 2.23. The normalized spacial score (nSPS) is 10.3. The van der Waals surface area contributed by atoms with Gasteiger partial charge in [0.05, 0.1) is 5.56 Å². The highest BCUT2D eigenvalue weighted by Gasteiger charge is 2.17. The molecule has 0 aromatic heterocycles. The molecule has 2 N–H and O–H groups in total. The largest absolute Gasteiger partial charge is 0.478 e. The number of carbonyl (C=O) groups is 2. The molecule has 5 heteroatoms. The Labute approximate surface area is 133 Å². The molecule has 0 fully saturated rings. The molecule has 0 bridgehead atoms. The van der Waals surface area contributed by atoms with E-state index in [4.69, 9.17) is 11.6 Å². The first-order valence-electron chi connectivity index (χ1n) is 6.75. The molecule has 0 radical (unpaired) electrons. The highest BCUT2D eigenvalue weighted by atomic mass is 35.5. The van der Waals surface area contributed by atoms with E-state index in [1.165, 1.54) is 0 Å². The summed E-state index contributed by atoms with van der Waals surface area (Å²) in [7, 11) is 1.72. The zero-order valence-corrected chi connectivity index (χ0v) is 13.1. The Kier molecular flexibility index (Phi) is 4.83. The summed E-state index contributed by atoms with van der Waals surface area (Å²) in [6, 6.07) is 10.1. The number of hydrogen-bond acceptors (Lipinski definition) is 3. The van der Waals surface area contributed by atoms with Gasteiger partial charge in [-0.1, -0.05) is 29.3 Å². The minimum Gasteiger partial charge on any atom is -0.478 e. The van der Waals surface area contributed by atoms with E-state index < -0.39 is 5.97 Å². The van der Waals surface area contributed by atoms with Crippen LogP contribution in [0.1, 0.15) is 31.8 Å². The monoisotopic (exact) mass is 317 g/mol. The third-order valence-corrected chi connectivity index (χ3v) is 3.63. The summed E-state index contributed by atoms with van der Waals surface area (Å²) in [5, 5.41) is 12.7. The summed E-state index contributed by atoms with van der Waals surface area (Å²) in [5.74, 6) is -1.22. The van der Waals surface area contributed by atoms with Crippen molar-refractivity contribution in [2.45, 2.75) is 13.3 Å². The fourth-order valence-corrected chi connectivity index (χ4v) is 2.45. The molecule has 0 spiro atoms. The molecule has 0 aliphatic heterocycles. The standard InChI is InChI=1S/C17H16ClNO3/c1-10-3-4-11(13(7-10)17(21)22)8-16(20)14-9-12(18)5-6-15(14)19-2/h3-7,9,19H,8H2,1-2H3,(H,21,22). The van der Waals surface area contributed by atoms with Crippen molar-refractivity contribution in [3.05, 3.63) is 63.7 Å². The minimum atomic E-state index is -1.04. The summed E-state index contributed by atoms with van der Waals surface area (Å²) in [6.45, 7) is 1.81. The highest BCUT2D eigenvalue weighted by molar-refractivity contribution is 6.31. The lowest BCUT2D eigenvalue weighted by atomic mass is 9.96. The quantitative estimate of drug-likeness (QED) is 0.823. The van der Waals surface area contributed by atoms with Gasteiger partial charge in [-0.15, -0.1) is 0 Å². The van der Waals surface area contributed by atoms with Crippen molar-refractivity contribution in [1.29, 1.82) is 0 Å². The Morgan fingerprint density at radius 3 is 2.50 bits per heavy atom. The van der Waals surface area contributed by atoms with Crippen LogP contribution in [-0.4, -0.2) is 23.9 Å². The molecule has 22 heavy (non-hydrogen) atoms. The van der Waals surface area contributed by atoms with Crippen LogP contribution in [0.25, 0.3) is 0 Å². The molecule has 2 aromatic rings. The van der Waals surface area contributed by atoms with Crippen molar-refractivity contribution in [2.24, 2.45) is 0 Å². The van der Waals surface area contributed by atoms with Crippen molar-refractivity contribution in [3.63, 3.8) is 0 Å². The third kappa shape index (κ3) is 3.46. The van der Waals surface area contributed by atoms with E-state index in [-0.39, 0.29) is 17.8 Å². The van der Waals surface area contributed by atoms with Crippen LogP contribution >= 0.6 is 11.6 Å². The minimum absolute atomic E-state index is 0.0108. The smallest absolute Gasteiger partial charge is 0.335 e. The Morgan fingerprint density at radius 2 is 1.86 bits per heavy atom. The van der Waals surface area contributed by atoms with Gasteiger partial charge >= 0.3 is 5.97 Å². The van der Waals surface area contributed by atoms with Gasteiger partial charge in [0.1, 0.15) is 0 Å². The van der Waals surface area contributed by atoms with Gasteiger partial charge in [-0.05, 0) is 36.8 Å². The van der Waals surface area contributed by atoms with Gasteiger partial charge in [-0.25, -0.2) is 4.79 Å². The SMILES string of the molecule is CNc1ccc(Cl)cc1C(=O)Cc1ccc(C)cc1C(=O)O. The predicted octanol–water partition coefficient (Wildman–Crippen LogP) is 3.81. The van der Waals surface area contributed by atoms with Gasteiger partial charge in [0.2, 0.25) is 0 Å². The lowest BCUT2D eigenvalue weighted by molar-refractivity contribution is 0.0696. The molecule has 2 aromatic carbocycles. The summed E-state index contributed by atoms with van der Waals surface area (Å²) in [6.07, 6.45) is 0.0108. The number of anilines is 1. The molecule has 0 saturated heterocycles. The van der Waals surface area contributed by atoms with Crippen molar-refractivity contribution in [3.8, 4) is 0 Å². The van der Waals surface area contributed by atoms with E-state index in [0.29, 0.717) is 21.8 Å². The van der Waals surface area contributed by atoms with E-state index in [9.17, 15) is 14.7 Å². The molecule has 114 valence electrons. The van der Waals surface area contributed by atoms with E-state index in [2.05, 4.69) is 5.32 Å². The first kappa shape index (κ1) is 16.0. The van der Waals surface area contributed by atoms with Gasteiger partial charge < -0.3 is 10.4 Å². The van der Waals surface area contributed by atoms with E-state index in [1.54, 1.807) is 43.4 Å². The Hall–Kier alpha value is -2.33. The Bertz CT molecular complexity index is 741. The number of nitrogens with one attached hydrogen (secondary N) is 1. The predicted molar refractivity (Wildman–Crippen MR) is 87.2 cm³/mol. The number of halogens is 1. The molecule has 0 unspecified atom stereocenters. The van der Waals surface area contributed by atoms with Gasteiger partial charge in [0, 0.05) is 29.7 Å². The van der Waals surface area contributed by atoms with Crippen LogP contribution in [-0.2, 0) is 6.42 Å². The van der Waals surface area contributed by atoms with Crippen LogP contribution in [0.4, 0.5) is 5.69 Å². The second-order valence-electron chi connectivity index (χ2n) is 5.01. The summed E-state index contributed by atoms with van der Waals surface area (Å²) in [4.78, 5) is 23.8. The number of ketones is 1. The number of carboxylic acid groups (broad SMARTS) is 1. The van der Waals surface area contributed by atoms with Crippen LogP contribution in [0.3, 0.4) is 0 Å². The van der Waals surface area contributed by atoms with Crippen molar-refractivity contribution in [2.75, 3.05) is 12.4 Å². The van der Waals surface area contributed by atoms with E-state index in [0.717, 1.165) is 5.56 Å². The maximum atomic E-state index is 12.5. The molecular weight excluding hydrogens is 302 g/mol. The fourth-order valence-electron chi connectivity index (χ4n) is 2.28. The van der Waals surface area contributed by atoms with Gasteiger partial charge in [0.25, 0.3) is 0 Å². The van der Waals surface area contributed by atoms with E-state index >= 15 is 0 Å². The zero-order valence-electron chi connectivity index (χ0n) is 12.3. The summed E-state index contributed by atoms with van der Waals surface area (Å²) < 4.78 is 0. The third-order valence-electron chi connectivity index (χ3n) is 3.40. The molecule has 0 aliphatic carbocycles. The number of hydrogen-bond donors (Lipinski definition) is 2. The van der Waals surface area contributed by atoms with Crippen LogP contribution in [0.5, 0.6) is 0 Å².